The summed E-state index contributed by atoms with van der Waals surface area (Å²) < 4.78 is 19.9. The maximum Gasteiger partial charge on any atom is 0.413 e. The number of nitrogens with one attached hydrogen (secondary N) is 1. The molecule has 1 aromatic rings. The highest BCUT2D eigenvalue weighted by Gasteiger charge is 2.48. The predicted octanol–water partition coefficient (Wildman–Crippen LogP) is 3.81. The van der Waals surface area contributed by atoms with Gasteiger partial charge in [0.1, 0.15) is 11.4 Å². The number of hydrogen-bond acceptors (Lipinski definition) is 5. The number of halogens is 1. The normalized spacial score (nSPS) is 28.7. The molecule has 0 radical (unpaired) electrons. The van der Waals surface area contributed by atoms with E-state index in [1.807, 2.05) is 0 Å². The minimum atomic E-state index is -0.764. The molecule has 1 fully saturated rings. The summed E-state index contributed by atoms with van der Waals surface area (Å²) in [5.74, 6) is 0.360. The number of ether oxygens (including phenoxy) is 1. The lowest BCUT2D eigenvalue weighted by Gasteiger charge is -2.46. The zero-order chi connectivity index (χ0) is 18.9. The van der Waals surface area contributed by atoms with Gasteiger partial charge in [0.25, 0.3) is 0 Å². The zero-order valence-electron chi connectivity index (χ0n) is 15.3. The van der Waals surface area contributed by atoms with Gasteiger partial charge < -0.3 is 9.84 Å². The van der Waals surface area contributed by atoms with Crippen molar-refractivity contribution < 1.29 is 19.0 Å². The van der Waals surface area contributed by atoms with E-state index in [-0.39, 0.29) is 11.7 Å². The van der Waals surface area contributed by atoms with E-state index in [1.54, 1.807) is 39.0 Å². The van der Waals surface area contributed by atoms with Crippen LogP contribution in [0.15, 0.2) is 29.3 Å². The minimum absolute atomic E-state index is 0.0114. The second kappa shape index (κ2) is 7.19. The molecule has 0 saturated heterocycles. The summed E-state index contributed by atoms with van der Waals surface area (Å²) in [6, 6.07) is 6.64. The fraction of sp³-hybridized carbons (Fsp3) is 0.579. The molecule has 5 nitrogen and oxygen atoms in total. The van der Waals surface area contributed by atoms with Crippen LogP contribution in [0.3, 0.4) is 0 Å². The van der Waals surface area contributed by atoms with Gasteiger partial charge in [0.15, 0.2) is 5.17 Å². The molecule has 1 aliphatic carbocycles. The number of carbonyl (C=O) groups is 1. The van der Waals surface area contributed by atoms with E-state index in [1.165, 1.54) is 17.8 Å². The molecule has 2 aliphatic rings. The molecular formula is C19H25FN2O3S. The number of fused-ring (bicyclic) bond motifs is 1. The van der Waals surface area contributed by atoms with Gasteiger partial charge in [-0.05, 0) is 46.1 Å². The summed E-state index contributed by atoms with van der Waals surface area (Å²) in [7, 11) is 0. The number of benzene rings is 1. The van der Waals surface area contributed by atoms with Crippen LogP contribution in [0.5, 0.6) is 0 Å². The topological polar surface area (TPSA) is 70.9 Å². The van der Waals surface area contributed by atoms with Crippen LogP contribution in [0.25, 0.3) is 0 Å². The molecule has 26 heavy (non-hydrogen) atoms. The van der Waals surface area contributed by atoms with Crippen LogP contribution in [-0.4, -0.2) is 33.8 Å². The number of thioether (sulfide) groups is 1. The van der Waals surface area contributed by atoms with Gasteiger partial charge in [-0.1, -0.05) is 30.0 Å². The molecule has 1 aromatic carbocycles. The van der Waals surface area contributed by atoms with Gasteiger partial charge >= 0.3 is 6.09 Å². The van der Waals surface area contributed by atoms with Gasteiger partial charge in [-0.25, -0.2) is 9.18 Å². The number of aliphatic hydroxyl groups is 1. The lowest BCUT2D eigenvalue weighted by molar-refractivity contribution is 0.0545. The Hall–Kier alpha value is -1.60. The van der Waals surface area contributed by atoms with Crippen LogP contribution < -0.4 is 5.32 Å². The Labute approximate surface area is 157 Å². The molecule has 3 atom stereocenters. The van der Waals surface area contributed by atoms with E-state index >= 15 is 0 Å². The van der Waals surface area contributed by atoms with Crippen molar-refractivity contribution in [3.8, 4) is 0 Å². The SMILES string of the molecule is CC(C)(C)OC(=O)NC1=NC2(c3ccccc3F)CCC(O)CC2CS1. The standard InChI is InChI=1S/C19H25FN2O3S/c1-18(2,3)25-17(24)21-16-22-19(14-6-4-5-7-15(14)20)9-8-13(23)10-12(19)11-26-16/h4-7,12-13,23H,8-11H2,1-3H3,(H,21,22,24). The number of carbonyl (C=O) groups excluding carboxylic acids is 1. The summed E-state index contributed by atoms with van der Waals surface area (Å²) in [6.07, 6.45) is 0.709. The molecule has 1 amide bonds. The van der Waals surface area contributed by atoms with Crippen LogP contribution in [-0.2, 0) is 10.3 Å². The molecule has 2 N–H and O–H groups in total. The van der Waals surface area contributed by atoms with Crippen molar-refractivity contribution in [2.24, 2.45) is 10.9 Å². The van der Waals surface area contributed by atoms with Gasteiger partial charge in [0.05, 0.1) is 11.6 Å². The number of nitrogens with zero attached hydrogens (tertiary/aromatic N) is 1. The number of aliphatic hydroxyl groups excluding tert-OH is 1. The first-order chi connectivity index (χ1) is 12.2. The van der Waals surface area contributed by atoms with Crippen molar-refractivity contribution in [2.75, 3.05) is 5.75 Å². The van der Waals surface area contributed by atoms with Gasteiger partial charge in [-0.3, -0.25) is 10.3 Å². The number of amidine groups is 1. The predicted molar refractivity (Wildman–Crippen MR) is 101 cm³/mol. The summed E-state index contributed by atoms with van der Waals surface area (Å²) in [5, 5.41) is 13.2. The largest absolute Gasteiger partial charge is 0.444 e. The van der Waals surface area contributed by atoms with Crippen molar-refractivity contribution >= 4 is 23.0 Å². The first kappa shape index (κ1) is 19.2. The van der Waals surface area contributed by atoms with E-state index in [0.29, 0.717) is 35.7 Å². The van der Waals surface area contributed by atoms with E-state index in [0.717, 1.165) is 0 Å². The number of rotatable bonds is 1. The quantitative estimate of drug-likeness (QED) is 0.777. The average molecular weight is 380 g/mol. The van der Waals surface area contributed by atoms with Gasteiger partial charge in [0, 0.05) is 17.2 Å². The highest BCUT2D eigenvalue weighted by atomic mass is 32.2. The Balaban J connectivity index is 1.93. The number of amides is 1. The Morgan fingerprint density at radius 1 is 1.42 bits per heavy atom. The third-order valence-electron chi connectivity index (χ3n) is 4.76. The number of alkyl carbamates (subject to hydrolysis) is 1. The highest BCUT2D eigenvalue weighted by molar-refractivity contribution is 8.13. The first-order valence-electron chi connectivity index (χ1n) is 8.85. The maximum atomic E-state index is 14.6. The summed E-state index contributed by atoms with van der Waals surface area (Å²) in [4.78, 5) is 16.9. The molecule has 142 valence electrons. The fourth-order valence-electron chi connectivity index (χ4n) is 3.66. The Morgan fingerprint density at radius 3 is 2.85 bits per heavy atom. The first-order valence-corrected chi connectivity index (χ1v) is 9.84. The third kappa shape index (κ3) is 4.04. The van der Waals surface area contributed by atoms with Crippen molar-refractivity contribution in [1.82, 2.24) is 5.32 Å². The molecule has 3 unspecified atom stereocenters. The lowest BCUT2D eigenvalue weighted by Crippen LogP contribution is -2.48. The molecule has 7 heteroatoms. The second-order valence-electron chi connectivity index (χ2n) is 7.88. The second-order valence-corrected chi connectivity index (χ2v) is 8.89. The molecular weight excluding hydrogens is 355 g/mol. The smallest absolute Gasteiger partial charge is 0.413 e. The van der Waals surface area contributed by atoms with Crippen molar-refractivity contribution in [3.05, 3.63) is 35.6 Å². The lowest BCUT2D eigenvalue weighted by atomic mass is 9.69. The highest BCUT2D eigenvalue weighted by Crippen LogP contribution is 2.49. The Morgan fingerprint density at radius 2 is 2.15 bits per heavy atom. The van der Waals surface area contributed by atoms with Crippen LogP contribution in [0, 0.1) is 11.7 Å². The summed E-state index contributed by atoms with van der Waals surface area (Å²) in [5.41, 5.74) is -0.842. The number of aliphatic imine (C=N–C) groups is 1. The van der Waals surface area contributed by atoms with Crippen LogP contribution >= 0.6 is 11.8 Å². The third-order valence-corrected chi connectivity index (χ3v) is 5.80. The van der Waals surface area contributed by atoms with E-state index < -0.39 is 23.3 Å². The van der Waals surface area contributed by atoms with Crippen molar-refractivity contribution in [3.63, 3.8) is 0 Å². The zero-order valence-corrected chi connectivity index (χ0v) is 16.1. The van der Waals surface area contributed by atoms with Gasteiger partial charge in [-0.2, -0.15) is 0 Å². The molecule has 1 heterocycles. The average Bonchev–Trinajstić information content (AvgIpc) is 2.53. The van der Waals surface area contributed by atoms with E-state index in [4.69, 9.17) is 9.73 Å². The van der Waals surface area contributed by atoms with Crippen molar-refractivity contribution in [2.45, 2.75) is 57.3 Å². The Bertz CT molecular complexity index is 719. The van der Waals surface area contributed by atoms with E-state index in [9.17, 15) is 14.3 Å². The molecule has 3 rings (SSSR count). The molecule has 0 aromatic heterocycles. The molecule has 0 bridgehead atoms. The molecule has 1 saturated carbocycles. The minimum Gasteiger partial charge on any atom is -0.444 e. The maximum absolute atomic E-state index is 14.6. The molecule has 0 spiro atoms. The monoisotopic (exact) mass is 380 g/mol. The number of hydrogen-bond donors (Lipinski definition) is 2. The van der Waals surface area contributed by atoms with Crippen LogP contribution in [0.4, 0.5) is 9.18 Å². The van der Waals surface area contributed by atoms with Gasteiger partial charge in [0.2, 0.25) is 0 Å². The van der Waals surface area contributed by atoms with E-state index in [2.05, 4.69) is 5.32 Å². The van der Waals surface area contributed by atoms with Crippen LogP contribution in [0.2, 0.25) is 0 Å². The van der Waals surface area contributed by atoms with Crippen molar-refractivity contribution in [1.29, 1.82) is 0 Å². The van der Waals surface area contributed by atoms with Crippen LogP contribution in [0.1, 0.15) is 45.6 Å². The fourth-order valence-corrected chi connectivity index (χ4v) is 4.81. The summed E-state index contributed by atoms with van der Waals surface area (Å²) in [6.45, 7) is 5.38. The summed E-state index contributed by atoms with van der Waals surface area (Å²) >= 11 is 1.41. The molecule has 1 aliphatic heterocycles. The Kier molecular flexibility index (Phi) is 5.30. The van der Waals surface area contributed by atoms with Gasteiger partial charge in [-0.15, -0.1) is 0 Å².